The molecule has 0 atom stereocenters. The van der Waals surface area contributed by atoms with E-state index in [2.05, 4.69) is 15.0 Å². The number of Topliss-reactive ketones (excluding diaryl/α,β-unsaturated/α-hetero) is 1. The summed E-state index contributed by atoms with van der Waals surface area (Å²) in [7, 11) is 0. The van der Waals surface area contributed by atoms with Gasteiger partial charge in [-0.15, -0.1) is 0 Å². The van der Waals surface area contributed by atoms with Crippen LogP contribution in [0.2, 0.25) is 0 Å². The number of benzene rings is 2. The maximum Gasteiger partial charge on any atom is 0.269 e. The number of carbonyl (C=O) groups is 1. The van der Waals surface area contributed by atoms with Crippen LogP contribution in [0, 0.1) is 16.0 Å². The average Bonchev–Trinajstić information content (AvgIpc) is 3.32. The van der Waals surface area contributed by atoms with Gasteiger partial charge in [0.2, 0.25) is 11.7 Å². The summed E-state index contributed by atoms with van der Waals surface area (Å²) in [5, 5.41) is 14.8. The molecule has 0 unspecified atom stereocenters. The molecule has 1 saturated heterocycles. The number of likely N-dealkylation sites (tertiary alicyclic amines) is 1. The van der Waals surface area contributed by atoms with Gasteiger partial charge in [0.25, 0.3) is 5.69 Å². The first kappa shape index (κ1) is 21.1. The Morgan fingerprint density at radius 3 is 2.52 bits per heavy atom. The van der Waals surface area contributed by atoms with E-state index in [1.54, 1.807) is 30.3 Å². The van der Waals surface area contributed by atoms with E-state index in [0.717, 1.165) is 25.9 Å². The number of carbonyl (C=O) groups excluding carboxylic acids is 1. The topological polar surface area (TPSA) is 121 Å². The minimum absolute atomic E-state index is 0.0103. The lowest BCUT2D eigenvalue weighted by molar-refractivity contribution is -0.384. The fourth-order valence-corrected chi connectivity index (χ4v) is 4.15. The number of rotatable bonds is 6. The molecule has 1 fully saturated rings. The molecule has 0 amide bonds. The van der Waals surface area contributed by atoms with E-state index in [1.165, 1.54) is 12.1 Å². The highest BCUT2D eigenvalue weighted by Crippen LogP contribution is 2.32. The van der Waals surface area contributed by atoms with Crippen molar-refractivity contribution in [2.24, 2.45) is 5.92 Å². The van der Waals surface area contributed by atoms with Crippen LogP contribution in [0.15, 0.2) is 47.0 Å². The van der Waals surface area contributed by atoms with Gasteiger partial charge in [-0.2, -0.15) is 4.98 Å². The van der Waals surface area contributed by atoms with Crippen LogP contribution >= 0.6 is 0 Å². The Balaban J connectivity index is 1.16. The zero-order valence-corrected chi connectivity index (χ0v) is 17.8. The van der Waals surface area contributed by atoms with Gasteiger partial charge in [0.05, 0.1) is 11.5 Å². The van der Waals surface area contributed by atoms with E-state index in [9.17, 15) is 14.9 Å². The summed E-state index contributed by atoms with van der Waals surface area (Å²) in [6.07, 6.45) is 1.49. The van der Waals surface area contributed by atoms with Crippen molar-refractivity contribution in [1.29, 1.82) is 0 Å². The molecule has 0 aliphatic carbocycles. The quantitative estimate of drug-likeness (QED) is 0.315. The number of nitro groups is 1. The molecular formula is C23H22N4O6. The second kappa shape index (κ2) is 8.99. The second-order valence-electron chi connectivity index (χ2n) is 8.09. The Bertz CT molecular complexity index is 1170. The highest BCUT2D eigenvalue weighted by atomic mass is 16.6. The van der Waals surface area contributed by atoms with E-state index in [4.69, 9.17) is 14.0 Å². The number of ketones is 1. The Kier molecular flexibility index (Phi) is 5.74. The lowest BCUT2D eigenvalue weighted by atomic mass is 9.88. The molecule has 0 spiro atoms. The Hall–Kier alpha value is -3.79. The van der Waals surface area contributed by atoms with Crippen LogP contribution in [0.1, 0.15) is 29.1 Å². The molecule has 3 heterocycles. The number of aromatic nitrogens is 2. The van der Waals surface area contributed by atoms with Crippen molar-refractivity contribution in [3.63, 3.8) is 0 Å². The fourth-order valence-electron chi connectivity index (χ4n) is 4.15. The molecule has 10 nitrogen and oxygen atoms in total. The lowest BCUT2D eigenvalue weighted by Gasteiger charge is -2.30. The molecule has 170 valence electrons. The van der Waals surface area contributed by atoms with Gasteiger partial charge in [-0.3, -0.25) is 19.8 Å². The number of ether oxygens (including phenoxy) is 2. The number of nitro benzene ring substituents is 1. The minimum atomic E-state index is -0.451. The average molecular weight is 450 g/mol. The Morgan fingerprint density at radius 2 is 1.79 bits per heavy atom. The summed E-state index contributed by atoms with van der Waals surface area (Å²) in [6.45, 7) is 3.00. The van der Waals surface area contributed by atoms with Gasteiger partial charge in [0, 0.05) is 29.2 Å². The molecule has 0 saturated carbocycles. The van der Waals surface area contributed by atoms with Crippen LogP contribution in [0.4, 0.5) is 5.69 Å². The summed E-state index contributed by atoms with van der Waals surface area (Å²) >= 11 is 0. The number of piperidine rings is 1. The third-order valence-corrected chi connectivity index (χ3v) is 5.95. The Labute approximate surface area is 189 Å². The van der Waals surface area contributed by atoms with E-state index >= 15 is 0 Å². The highest BCUT2D eigenvalue weighted by molar-refractivity contribution is 5.98. The van der Waals surface area contributed by atoms with Gasteiger partial charge in [0.15, 0.2) is 17.3 Å². The third-order valence-electron chi connectivity index (χ3n) is 5.95. The fraction of sp³-hybridized carbons (Fsp3) is 0.348. The predicted octanol–water partition coefficient (Wildman–Crippen LogP) is 3.51. The van der Waals surface area contributed by atoms with Gasteiger partial charge in [-0.1, -0.05) is 5.16 Å². The normalized spacial score (nSPS) is 16.5. The standard InChI is InChI=1S/C23H22N4O6/c28-22(17-3-6-19-20(13-17)32-12-11-31-19)15-7-9-26(10-8-15)14-21-24-23(25-33-21)16-1-4-18(5-2-16)27(29)30/h1-6,13,15H,7-12,14H2. The van der Waals surface area contributed by atoms with Gasteiger partial charge in [-0.25, -0.2) is 0 Å². The maximum atomic E-state index is 13.0. The van der Waals surface area contributed by atoms with Crippen LogP contribution in [-0.4, -0.2) is 52.1 Å². The summed E-state index contributed by atoms with van der Waals surface area (Å²) in [6, 6.07) is 11.4. The summed E-state index contributed by atoms with van der Waals surface area (Å²) in [5.74, 6) is 2.26. The van der Waals surface area contributed by atoms with Crippen molar-refractivity contribution in [3.05, 3.63) is 64.0 Å². The van der Waals surface area contributed by atoms with Crippen molar-refractivity contribution in [2.45, 2.75) is 19.4 Å². The van der Waals surface area contributed by atoms with Crippen LogP contribution in [-0.2, 0) is 6.54 Å². The molecular weight excluding hydrogens is 428 g/mol. The molecule has 2 aliphatic heterocycles. The summed E-state index contributed by atoms with van der Waals surface area (Å²) in [4.78, 5) is 29.9. The number of non-ortho nitro benzene ring substituents is 1. The van der Waals surface area contributed by atoms with E-state index in [1.807, 2.05) is 0 Å². The number of nitrogens with zero attached hydrogens (tertiary/aromatic N) is 4. The third kappa shape index (κ3) is 4.56. The maximum absolute atomic E-state index is 13.0. The van der Waals surface area contributed by atoms with Crippen molar-refractivity contribution >= 4 is 11.5 Å². The van der Waals surface area contributed by atoms with Gasteiger partial charge in [0.1, 0.15) is 13.2 Å². The zero-order chi connectivity index (χ0) is 22.8. The van der Waals surface area contributed by atoms with E-state index < -0.39 is 4.92 Å². The first-order valence-electron chi connectivity index (χ1n) is 10.8. The number of hydrogen-bond acceptors (Lipinski definition) is 9. The molecule has 33 heavy (non-hydrogen) atoms. The van der Waals surface area contributed by atoms with Gasteiger partial charge < -0.3 is 14.0 Å². The smallest absolute Gasteiger partial charge is 0.269 e. The molecule has 3 aromatic rings. The van der Waals surface area contributed by atoms with Gasteiger partial charge in [-0.05, 0) is 56.3 Å². The minimum Gasteiger partial charge on any atom is -0.486 e. The molecule has 0 N–H and O–H groups in total. The van der Waals surface area contributed by atoms with Crippen LogP contribution in [0.5, 0.6) is 11.5 Å². The van der Waals surface area contributed by atoms with E-state index in [-0.39, 0.29) is 17.4 Å². The SMILES string of the molecule is O=C(c1ccc2c(c1)OCCO2)C1CCN(Cc2nc(-c3ccc([N+](=O)[O-])cc3)no2)CC1. The van der Waals surface area contributed by atoms with Crippen molar-refractivity contribution in [1.82, 2.24) is 15.0 Å². The molecule has 2 aliphatic rings. The van der Waals surface area contributed by atoms with Crippen molar-refractivity contribution in [2.75, 3.05) is 26.3 Å². The van der Waals surface area contributed by atoms with Crippen molar-refractivity contribution < 1.29 is 23.7 Å². The molecule has 2 aromatic carbocycles. The number of hydrogen-bond donors (Lipinski definition) is 0. The first-order valence-corrected chi connectivity index (χ1v) is 10.8. The van der Waals surface area contributed by atoms with Crippen LogP contribution < -0.4 is 9.47 Å². The lowest BCUT2D eigenvalue weighted by Crippen LogP contribution is -2.36. The summed E-state index contributed by atoms with van der Waals surface area (Å²) < 4.78 is 16.5. The molecule has 5 rings (SSSR count). The van der Waals surface area contributed by atoms with E-state index in [0.29, 0.717) is 54.1 Å². The van der Waals surface area contributed by atoms with Crippen LogP contribution in [0.3, 0.4) is 0 Å². The second-order valence-corrected chi connectivity index (χ2v) is 8.09. The monoisotopic (exact) mass is 450 g/mol. The summed E-state index contributed by atoms with van der Waals surface area (Å²) in [5.41, 5.74) is 1.32. The van der Waals surface area contributed by atoms with Gasteiger partial charge >= 0.3 is 0 Å². The zero-order valence-electron chi connectivity index (χ0n) is 17.8. The predicted molar refractivity (Wildman–Crippen MR) is 116 cm³/mol. The molecule has 10 heteroatoms. The molecule has 0 radical (unpaired) electrons. The molecule has 0 bridgehead atoms. The first-order chi connectivity index (χ1) is 16.1. The highest BCUT2D eigenvalue weighted by Gasteiger charge is 2.28. The van der Waals surface area contributed by atoms with Crippen molar-refractivity contribution in [3.8, 4) is 22.9 Å². The Morgan fingerprint density at radius 1 is 1.06 bits per heavy atom. The largest absolute Gasteiger partial charge is 0.486 e. The molecule has 1 aromatic heterocycles. The number of fused-ring (bicyclic) bond motifs is 1. The van der Waals surface area contributed by atoms with Crippen LogP contribution in [0.25, 0.3) is 11.4 Å².